The molecule has 2 aromatic rings. The predicted molar refractivity (Wildman–Crippen MR) is 91.5 cm³/mol. The zero-order valence-electron chi connectivity index (χ0n) is 14.4. The van der Waals surface area contributed by atoms with Crippen molar-refractivity contribution in [3.63, 3.8) is 0 Å². The molecule has 0 spiro atoms. The van der Waals surface area contributed by atoms with Gasteiger partial charge < -0.3 is 14.8 Å². The number of H-pyrrole nitrogens is 1. The Morgan fingerprint density at radius 3 is 2.72 bits per heavy atom. The number of nitrogens with zero attached hydrogens (tertiary/aromatic N) is 5. The zero-order chi connectivity index (χ0) is 17.6. The molecular weight excluding hydrogens is 320 g/mol. The quantitative estimate of drug-likeness (QED) is 0.873. The first-order valence-electron chi connectivity index (χ1n) is 8.58. The number of hydrogen-bond donors (Lipinski definition) is 1. The van der Waals surface area contributed by atoms with Crippen LogP contribution in [0.3, 0.4) is 0 Å². The third kappa shape index (κ3) is 3.09. The van der Waals surface area contributed by atoms with Crippen LogP contribution in [-0.2, 0) is 0 Å². The molecule has 8 nitrogen and oxygen atoms in total. The largest absolute Gasteiger partial charge is 0.335 e. The first-order valence-corrected chi connectivity index (χ1v) is 8.58. The number of likely N-dealkylation sites (N-methyl/N-ethyl adjacent to an activating group) is 1. The first kappa shape index (κ1) is 16.0. The van der Waals surface area contributed by atoms with Gasteiger partial charge in [-0.25, -0.2) is 4.68 Å². The maximum Gasteiger partial charge on any atom is 0.254 e. The van der Waals surface area contributed by atoms with Gasteiger partial charge in [-0.3, -0.25) is 9.59 Å². The molecule has 2 aromatic heterocycles. The van der Waals surface area contributed by atoms with E-state index in [0.29, 0.717) is 24.6 Å². The molecule has 1 aliphatic heterocycles. The summed E-state index contributed by atoms with van der Waals surface area (Å²) in [6.07, 6.45) is 5.63. The number of carbonyl (C=O) groups is 1. The number of likely N-dealkylation sites (tertiary alicyclic amines) is 1. The number of rotatable bonds is 4. The van der Waals surface area contributed by atoms with Crippen LogP contribution in [-0.4, -0.2) is 68.9 Å². The number of hydrogen-bond acceptors (Lipinski definition) is 5. The summed E-state index contributed by atoms with van der Waals surface area (Å²) in [5, 5.41) is 7.99. The molecule has 0 aromatic carbocycles. The van der Waals surface area contributed by atoms with Crippen molar-refractivity contribution in [2.24, 2.45) is 0 Å². The Morgan fingerprint density at radius 1 is 1.28 bits per heavy atom. The molecule has 3 heterocycles. The summed E-state index contributed by atoms with van der Waals surface area (Å²) in [6.45, 7) is 1.15. The van der Waals surface area contributed by atoms with E-state index in [4.69, 9.17) is 0 Å². The molecule has 0 bridgehead atoms. The SMILES string of the molecule is CN(C)[C@@H]1CN(C(=O)c2cc(C3CC3)[nH]c(=O)c2)C[C@@H]1n1ccnn1. The molecule has 0 radical (unpaired) electrons. The van der Waals surface area contributed by atoms with E-state index in [0.717, 1.165) is 18.5 Å². The highest BCUT2D eigenvalue weighted by Gasteiger charge is 2.38. The van der Waals surface area contributed by atoms with Crippen LogP contribution in [0.15, 0.2) is 29.3 Å². The Morgan fingerprint density at radius 2 is 2.08 bits per heavy atom. The van der Waals surface area contributed by atoms with Gasteiger partial charge in [-0.1, -0.05) is 5.21 Å². The van der Waals surface area contributed by atoms with E-state index in [1.807, 2.05) is 35.9 Å². The van der Waals surface area contributed by atoms with Gasteiger partial charge in [0.05, 0.1) is 18.3 Å². The average molecular weight is 342 g/mol. The third-order valence-electron chi connectivity index (χ3n) is 5.12. The monoisotopic (exact) mass is 342 g/mol. The van der Waals surface area contributed by atoms with Crippen LogP contribution >= 0.6 is 0 Å². The number of pyridine rings is 1. The minimum atomic E-state index is -0.205. The minimum absolute atomic E-state index is 0.0475. The number of aromatic amines is 1. The van der Waals surface area contributed by atoms with E-state index in [9.17, 15) is 9.59 Å². The molecule has 0 unspecified atom stereocenters. The van der Waals surface area contributed by atoms with Gasteiger partial charge in [-0.2, -0.15) is 0 Å². The highest BCUT2D eigenvalue weighted by Crippen LogP contribution is 2.38. The average Bonchev–Trinajstić information content (AvgIpc) is 3.11. The standard InChI is InChI=1S/C17H22N6O2/c1-21(2)14-9-22(10-15(14)23-6-5-18-20-23)17(25)12-7-13(11-3-4-11)19-16(24)8-12/h5-8,11,14-15H,3-4,9-10H2,1-2H3,(H,19,24)/t14-,15+/m1/s1. The second kappa shape index (κ2) is 6.11. The lowest BCUT2D eigenvalue weighted by molar-refractivity contribution is 0.0780. The molecule has 4 rings (SSSR count). The van der Waals surface area contributed by atoms with Crippen molar-refractivity contribution in [3.8, 4) is 0 Å². The van der Waals surface area contributed by atoms with Crippen LogP contribution in [0, 0.1) is 0 Å². The molecule has 2 aliphatic rings. The van der Waals surface area contributed by atoms with Crippen LogP contribution in [0.25, 0.3) is 0 Å². The van der Waals surface area contributed by atoms with Gasteiger partial charge in [0.1, 0.15) is 0 Å². The van der Waals surface area contributed by atoms with Gasteiger partial charge in [0, 0.05) is 36.6 Å². The topological polar surface area (TPSA) is 87.1 Å². The van der Waals surface area contributed by atoms with Crippen molar-refractivity contribution in [3.05, 3.63) is 46.1 Å². The number of nitrogens with one attached hydrogen (secondary N) is 1. The molecule has 1 saturated carbocycles. The van der Waals surface area contributed by atoms with Gasteiger partial charge in [0.2, 0.25) is 5.56 Å². The first-order chi connectivity index (χ1) is 12.0. The fraction of sp³-hybridized carbons (Fsp3) is 0.529. The summed E-state index contributed by atoms with van der Waals surface area (Å²) in [5.74, 6) is 0.305. The van der Waals surface area contributed by atoms with E-state index in [1.54, 1.807) is 6.20 Å². The lowest BCUT2D eigenvalue weighted by Gasteiger charge is -2.24. The van der Waals surface area contributed by atoms with Crippen molar-refractivity contribution in [2.75, 3.05) is 27.2 Å². The van der Waals surface area contributed by atoms with E-state index < -0.39 is 0 Å². The van der Waals surface area contributed by atoms with Gasteiger partial charge in [0.15, 0.2) is 0 Å². The van der Waals surface area contributed by atoms with Gasteiger partial charge in [0.25, 0.3) is 5.91 Å². The molecule has 8 heteroatoms. The molecular formula is C17H22N6O2. The lowest BCUT2D eigenvalue weighted by atomic mass is 10.1. The Balaban J connectivity index is 1.59. The second-order valence-corrected chi connectivity index (χ2v) is 7.15. The molecule has 1 aliphatic carbocycles. The van der Waals surface area contributed by atoms with Gasteiger partial charge in [-0.15, -0.1) is 5.10 Å². The molecule has 2 fully saturated rings. The molecule has 1 amide bonds. The number of aromatic nitrogens is 4. The maximum atomic E-state index is 13.0. The van der Waals surface area contributed by atoms with Gasteiger partial charge in [-0.05, 0) is 38.9 Å². The van der Waals surface area contributed by atoms with E-state index in [1.165, 1.54) is 6.07 Å². The van der Waals surface area contributed by atoms with E-state index in [2.05, 4.69) is 20.2 Å². The number of amides is 1. The van der Waals surface area contributed by atoms with Crippen LogP contribution in [0.2, 0.25) is 0 Å². The summed E-state index contributed by atoms with van der Waals surface area (Å²) >= 11 is 0. The van der Waals surface area contributed by atoms with Crippen LogP contribution in [0.1, 0.15) is 40.9 Å². The highest BCUT2D eigenvalue weighted by atomic mass is 16.2. The normalized spacial score (nSPS) is 23.4. The minimum Gasteiger partial charge on any atom is -0.335 e. The van der Waals surface area contributed by atoms with Crippen LogP contribution < -0.4 is 5.56 Å². The third-order valence-corrected chi connectivity index (χ3v) is 5.12. The van der Waals surface area contributed by atoms with Crippen molar-refractivity contribution < 1.29 is 4.79 Å². The summed E-state index contributed by atoms with van der Waals surface area (Å²) in [4.78, 5) is 31.7. The fourth-order valence-corrected chi connectivity index (χ4v) is 3.58. The van der Waals surface area contributed by atoms with E-state index >= 15 is 0 Å². The van der Waals surface area contributed by atoms with Crippen molar-refractivity contribution in [1.82, 2.24) is 29.8 Å². The maximum absolute atomic E-state index is 13.0. The summed E-state index contributed by atoms with van der Waals surface area (Å²) < 4.78 is 1.81. The molecule has 25 heavy (non-hydrogen) atoms. The lowest BCUT2D eigenvalue weighted by Crippen LogP contribution is -2.37. The smallest absolute Gasteiger partial charge is 0.254 e. The molecule has 1 saturated heterocycles. The summed E-state index contributed by atoms with van der Waals surface area (Å²) in [6, 6.07) is 3.44. The Kier molecular flexibility index (Phi) is 3.91. The number of carbonyl (C=O) groups excluding carboxylic acids is 1. The van der Waals surface area contributed by atoms with Crippen molar-refractivity contribution in [2.45, 2.75) is 30.8 Å². The van der Waals surface area contributed by atoms with Crippen molar-refractivity contribution >= 4 is 5.91 Å². The summed E-state index contributed by atoms with van der Waals surface area (Å²) in [5.41, 5.74) is 1.15. The Bertz CT molecular complexity index is 824. The highest BCUT2D eigenvalue weighted by molar-refractivity contribution is 5.94. The van der Waals surface area contributed by atoms with E-state index in [-0.39, 0.29) is 23.6 Å². The van der Waals surface area contributed by atoms with Crippen LogP contribution in [0.5, 0.6) is 0 Å². The Hall–Kier alpha value is -2.48. The fourth-order valence-electron chi connectivity index (χ4n) is 3.58. The molecule has 2 atom stereocenters. The molecule has 1 N–H and O–H groups in total. The predicted octanol–water partition coefficient (Wildman–Crippen LogP) is 0.471. The van der Waals surface area contributed by atoms with Crippen molar-refractivity contribution in [1.29, 1.82) is 0 Å². The zero-order valence-corrected chi connectivity index (χ0v) is 14.4. The van der Waals surface area contributed by atoms with Crippen LogP contribution in [0.4, 0.5) is 0 Å². The van der Waals surface area contributed by atoms with Gasteiger partial charge >= 0.3 is 0 Å². The Labute approximate surface area is 145 Å². The summed E-state index contributed by atoms with van der Waals surface area (Å²) in [7, 11) is 4.00. The second-order valence-electron chi connectivity index (χ2n) is 7.15. The molecule has 132 valence electrons.